The number of H-pyrrole nitrogens is 1. The van der Waals surface area contributed by atoms with Crippen LogP contribution in [-0.4, -0.2) is 45.7 Å². The van der Waals surface area contributed by atoms with Gasteiger partial charge in [0.25, 0.3) is 5.56 Å². The molecule has 3 atom stereocenters. The van der Waals surface area contributed by atoms with Gasteiger partial charge in [0.15, 0.2) is 0 Å². The first-order valence-corrected chi connectivity index (χ1v) is 11.9. The molecule has 0 spiro atoms. The minimum absolute atomic E-state index is 0.0653. The number of benzene rings is 1. The summed E-state index contributed by atoms with van der Waals surface area (Å²) >= 11 is 0. The number of likely N-dealkylation sites (tertiary alicyclic amines) is 1. The summed E-state index contributed by atoms with van der Waals surface area (Å²) in [6.07, 6.45) is 4.66. The van der Waals surface area contributed by atoms with Crippen LogP contribution in [0.3, 0.4) is 0 Å². The topological polar surface area (TPSA) is 73.3 Å². The maximum absolute atomic E-state index is 12.0. The Morgan fingerprint density at radius 1 is 1.19 bits per heavy atom. The predicted molar refractivity (Wildman–Crippen MR) is 129 cm³/mol. The summed E-state index contributed by atoms with van der Waals surface area (Å²) in [5.41, 5.74) is 4.65. The van der Waals surface area contributed by atoms with E-state index in [4.69, 9.17) is 0 Å². The number of fused-ring (bicyclic) bond motifs is 2. The number of nitrogens with zero attached hydrogens (tertiary/aromatic N) is 2. The number of aryl methyl sites for hydroxylation is 1. The fourth-order valence-corrected chi connectivity index (χ4v) is 6.17. The van der Waals surface area contributed by atoms with Crippen molar-refractivity contribution in [1.29, 1.82) is 0 Å². The number of hydrogen-bond donors (Lipinski definition) is 3. The Bertz CT molecular complexity index is 1190. The molecule has 0 amide bonds. The lowest BCUT2D eigenvalue weighted by molar-refractivity contribution is 0.232. The van der Waals surface area contributed by atoms with Crippen LogP contribution in [0.1, 0.15) is 37.4 Å². The van der Waals surface area contributed by atoms with Gasteiger partial charge >= 0.3 is 0 Å². The van der Waals surface area contributed by atoms with Gasteiger partial charge in [-0.15, -0.1) is 0 Å². The summed E-state index contributed by atoms with van der Waals surface area (Å²) < 4.78 is 2.29. The molecular formula is C26H34N4O2. The Morgan fingerprint density at radius 3 is 2.81 bits per heavy atom. The van der Waals surface area contributed by atoms with Crippen LogP contribution in [0.25, 0.3) is 22.2 Å². The number of pyridine rings is 1. The molecule has 170 valence electrons. The van der Waals surface area contributed by atoms with Gasteiger partial charge in [-0.3, -0.25) is 9.69 Å². The van der Waals surface area contributed by atoms with E-state index in [1.807, 2.05) is 13.0 Å². The van der Waals surface area contributed by atoms with Crippen molar-refractivity contribution in [3.8, 4) is 17.0 Å². The average Bonchev–Trinajstić information content (AvgIpc) is 3.33. The molecule has 1 saturated carbocycles. The Balaban J connectivity index is 1.44. The van der Waals surface area contributed by atoms with E-state index < -0.39 is 0 Å². The fraction of sp³-hybridized carbons (Fsp3) is 0.500. The van der Waals surface area contributed by atoms with Crippen molar-refractivity contribution in [2.45, 2.75) is 45.2 Å². The maximum atomic E-state index is 12.0. The maximum Gasteiger partial charge on any atom is 0.252 e. The third-order valence-corrected chi connectivity index (χ3v) is 7.84. The highest BCUT2D eigenvalue weighted by Crippen LogP contribution is 2.37. The quantitative estimate of drug-likeness (QED) is 0.574. The molecule has 6 nitrogen and oxygen atoms in total. The van der Waals surface area contributed by atoms with Gasteiger partial charge in [0.2, 0.25) is 0 Å². The van der Waals surface area contributed by atoms with E-state index in [-0.39, 0.29) is 11.3 Å². The van der Waals surface area contributed by atoms with E-state index in [1.165, 1.54) is 49.6 Å². The van der Waals surface area contributed by atoms with Gasteiger partial charge in [-0.25, -0.2) is 0 Å². The largest absolute Gasteiger partial charge is 0.507 e. The molecule has 1 aromatic carbocycles. The van der Waals surface area contributed by atoms with Crippen LogP contribution in [0.4, 0.5) is 0 Å². The lowest BCUT2D eigenvalue weighted by Crippen LogP contribution is -2.40. The first-order chi connectivity index (χ1) is 15.5. The third kappa shape index (κ3) is 3.65. The van der Waals surface area contributed by atoms with Crippen LogP contribution in [0.15, 0.2) is 35.1 Å². The molecule has 6 heteroatoms. The van der Waals surface area contributed by atoms with E-state index in [9.17, 15) is 9.90 Å². The molecule has 1 saturated heterocycles. The standard InChI is InChI=1S/C26H34N4O2/c1-4-20-24(31)12-25(32)28-26(20)16-8-9-23-18(10-16)11-19(29(23)3)14-30-13-17-6-5-7-22(27-2)21(17)15-30/h8-12,17,21-22,27H,4-7,13-15H2,1-3H3,(H2,28,31,32)/t17-,21+,22-/m1/s1. The summed E-state index contributed by atoms with van der Waals surface area (Å²) in [4.78, 5) is 17.5. The van der Waals surface area contributed by atoms with Crippen molar-refractivity contribution in [3.63, 3.8) is 0 Å². The molecule has 32 heavy (non-hydrogen) atoms. The minimum atomic E-state index is -0.279. The molecule has 2 aromatic heterocycles. The molecule has 3 N–H and O–H groups in total. The van der Waals surface area contributed by atoms with Gasteiger partial charge in [0, 0.05) is 61.0 Å². The highest BCUT2D eigenvalue weighted by molar-refractivity contribution is 5.86. The fourth-order valence-electron chi connectivity index (χ4n) is 6.17. The van der Waals surface area contributed by atoms with Crippen LogP contribution in [0, 0.1) is 11.8 Å². The molecule has 0 radical (unpaired) electrons. The van der Waals surface area contributed by atoms with Gasteiger partial charge in [-0.1, -0.05) is 19.4 Å². The number of aromatic nitrogens is 2. The van der Waals surface area contributed by atoms with Crippen molar-refractivity contribution < 1.29 is 5.11 Å². The first kappa shape index (κ1) is 21.3. The summed E-state index contributed by atoms with van der Waals surface area (Å²) in [6.45, 7) is 5.32. The number of aromatic amines is 1. The molecule has 1 aliphatic heterocycles. The second-order valence-electron chi connectivity index (χ2n) is 9.64. The SMILES string of the molecule is CCc1c(O)cc(=O)[nH]c1-c1ccc2c(c1)cc(CN1C[C@H]3CCC[C@@H](NC)[C@H]3C1)n2C. The van der Waals surface area contributed by atoms with Crippen molar-refractivity contribution in [3.05, 3.63) is 51.9 Å². The highest BCUT2D eigenvalue weighted by atomic mass is 16.3. The average molecular weight is 435 g/mol. The zero-order chi connectivity index (χ0) is 22.4. The van der Waals surface area contributed by atoms with Crippen molar-refractivity contribution in [2.75, 3.05) is 20.1 Å². The Kier molecular flexibility index (Phi) is 5.59. The van der Waals surface area contributed by atoms with Crippen LogP contribution < -0.4 is 10.9 Å². The zero-order valence-electron chi connectivity index (χ0n) is 19.3. The molecule has 5 rings (SSSR count). The second-order valence-corrected chi connectivity index (χ2v) is 9.64. The predicted octanol–water partition coefficient (Wildman–Crippen LogP) is 3.62. The Hall–Kier alpha value is -2.57. The van der Waals surface area contributed by atoms with Gasteiger partial charge < -0.3 is 20.0 Å². The van der Waals surface area contributed by atoms with Crippen LogP contribution in [0.5, 0.6) is 5.75 Å². The molecule has 2 aliphatic rings. The molecule has 0 bridgehead atoms. The molecule has 2 fully saturated rings. The van der Waals surface area contributed by atoms with E-state index in [0.29, 0.717) is 18.2 Å². The number of aromatic hydroxyl groups is 1. The van der Waals surface area contributed by atoms with Gasteiger partial charge in [-0.2, -0.15) is 0 Å². The van der Waals surface area contributed by atoms with Crippen molar-refractivity contribution >= 4 is 10.9 Å². The number of nitrogens with one attached hydrogen (secondary N) is 2. The number of rotatable bonds is 5. The van der Waals surface area contributed by atoms with Gasteiger partial charge in [-0.05, 0) is 61.9 Å². The van der Waals surface area contributed by atoms with Gasteiger partial charge in [0.05, 0.1) is 5.69 Å². The summed E-state index contributed by atoms with van der Waals surface area (Å²) in [6, 6.07) is 10.5. The van der Waals surface area contributed by atoms with E-state index in [1.54, 1.807) is 0 Å². The first-order valence-electron chi connectivity index (χ1n) is 11.9. The molecular weight excluding hydrogens is 400 g/mol. The van der Waals surface area contributed by atoms with E-state index >= 15 is 0 Å². The number of hydrogen-bond acceptors (Lipinski definition) is 4. The van der Waals surface area contributed by atoms with Crippen molar-refractivity contribution in [2.24, 2.45) is 18.9 Å². The van der Waals surface area contributed by atoms with E-state index in [0.717, 1.165) is 34.9 Å². The van der Waals surface area contributed by atoms with Crippen LogP contribution >= 0.6 is 0 Å². The lowest BCUT2D eigenvalue weighted by atomic mass is 9.78. The zero-order valence-corrected chi connectivity index (χ0v) is 19.3. The second kappa shape index (κ2) is 8.41. The minimum Gasteiger partial charge on any atom is -0.507 e. The van der Waals surface area contributed by atoms with Crippen molar-refractivity contribution in [1.82, 2.24) is 19.8 Å². The molecule has 3 heterocycles. The summed E-state index contributed by atoms with van der Waals surface area (Å²) in [7, 11) is 4.26. The lowest BCUT2D eigenvalue weighted by Gasteiger charge is -2.32. The molecule has 0 unspecified atom stereocenters. The normalized spacial score (nSPS) is 23.7. The Labute approximate surface area is 189 Å². The third-order valence-electron chi connectivity index (χ3n) is 7.84. The molecule has 1 aliphatic carbocycles. The monoisotopic (exact) mass is 434 g/mol. The molecule has 3 aromatic rings. The van der Waals surface area contributed by atoms with Crippen LogP contribution in [-0.2, 0) is 20.0 Å². The van der Waals surface area contributed by atoms with Gasteiger partial charge in [0.1, 0.15) is 5.75 Å². The smallest absolute Gasteiger partial charge is 0.252 e. The van der Waals surface area contributed by atoms with E-state index in [2.05, 4.69) is 52.1 Å². The summed E-state index contributed by atoms with van der Waals surface area (Å²) in [5, 5.41) is 15.0. The summed E-state index contributed by atoms with van der Waals surface area (Å²) in [5.74, 6) is 1.65. The Morgan fingerprint density at radius 2 is 2.03 bits per heavy atom. The highest BCUT2D eigenvalue weighted by Gasteiger charge is 2.39. The van der Waals surface area contributed by atoms with Crippen LogP contribution in [0.2, 0.25) is 0 Å².